The van der Waals surface area contributed by atoms with Gasteiger partial charge in [-0.1, -0.05) is 0 Å². The average Bonchev–Trinajstić information content (AvgIpc) is 2.42. The Hall–Kier alpha value is -1.50. The second-order valence-electron chi connectivity index (χ2n) is 4.83. The molecule has 7 heteroatoms. The van der Waals surface area contributed by atoms with Gasteiger partial charge in [-0.05, 0) is 38.3 Å². The molecule has 0 saturated heterocycles. The lowest BCUT2D eigenvalue weighted by molar-refractivity contribution is -0.137. The van der Waals surface area contributed by atoms with E-state index in [0.29, 0.717) is 25.3 Å². The lowest BCUT2D eigenvalue weighted by Gasteiger charge is -2.20. The first-order valence-electron chi connectivity index (χ1n) is 7.03. The van der Waals surface area contributed by atoms with E-state index in [1.807, 2.05) is 0 Å². The maximum atomic E-state index is 12.9. The fourth-order valence-corrected chi connectivity index (χ4v) is 1.90. The molecule has 21 heavy (non-hydrogen) atoms. The van der Waals surface area contributed by atoms with Gasteiger partial charge in [-0.2, -0.15) is 13.2 Å². The maximum Gasteiger partial charge on any atom is 0.416 e. The third-order valence-corrected chi connectivity index (χ3v) is 3.04. The van der Waals surface area contributed by atoms with E-state index in [1.165, 1.54) is 0 Å². The zero-order valence-corrected chi connectivity index (χ0v) is 12.4. The van der Waals surface area contributed by atoms with Crippen LogP contribution in [0.2, 0.25) is 0 Å². The summed E-state index contributed by atoms with van der Waals surface area (Å²) < 4.78 is 38.7. The van der Waals surface area contributed by atoms with Crippen molar-refractivity contribution in [2.45, 2.75) is 32.4 Å². The van der Waals surface area contributed by atoms with E-state index in [1.54, 1.807) is 18.9 Å². The Kier molecular flexibility index (Phi) is 6.74. The van der Waals surface area contributed by atoms with Gasteiger partial charge in [-0.15, -0.1) is 0 Å². The number of pyridine rings is 1. The minimum atomic E-state index is -4.39. The molecule has 0 aliphatic carbocycles. The third kappa shape index (κ3) is 5.79. The van der Waals surface area contributed by atoms with Gasteiger partial charge in [0.1, 0.15) is 11.6 Å². The van der Waals surface area contributed by atoms with Crippen LogP contribution >= 0.6 is 0 Å². The van der Waals surface area contributed by atoms with Crippen LogP contribution in [0.4, 0.5) is 24.8 Å². The molecule has 1 rings (SSSR count). The van der Waals surface area contributed by atoms with Gasteiger partial charge in [0.15, 0.2) is 0 Å². The Morgan fingerprint density at radius 2 is 1.95 bits per heavy atom. The number of aliphatic hydroxyl groups excluding tert-OH is 1. The van der Waals surface area contributed by atoms with Gasteiger partial charge >= 0.3 is 6.18 Å². The summed E-state index contributed by atoms with van der Waals surface area (Å²) in [6.45, 7) is 3.05. The van der Waals surface area contributed by atoms with Crippen LogP contribution in [0.25, 0.3) is 0 Å². The summed E-state index contributed by atoms with van der Waals surface area (Å²) in [7, 11) is 1.72. The molecule has 2 N–H and O–H groups in total. The number of hydrogen-bond acceptors (Lipinski definition) is 4. The van der Waals surface area contributed by atoms with Crippen molar-refractivity contribution in [3.05, 3.63) is 17.7 Å². The lowest BCUT2D eigenvalue weighted by atomic mass is 10.2. The molecular weight excluding hydrogens is 283 g/mol. The molecule has 0 amide bonds. The van der Waals surface area contributed by atoms with Crippen molar-refractivity contribution in [1.29, 1.82) is 0 Å². The highest BCUT2D eigenvalue weighted by Gasteiger charge is 2.32. The molecule has 1 aromatic heterocycles. The van der Waals surface area contributed by atoms with E-state index in [-0.39, 0.29) is 12.4 Å². The maximum absolute atomic E-state index is 12.9. The van der Waals surface area contributed by atoms with E-state index >= 15 is 0 Å². The van der Waals surface area contributed by atoms with Crippen LogP contribution < -0.4 is 10.2 Å². The highest BCUT2D eigenvalue weighted by molar-refractivity contribution is 5.50. The molecule has 120 valence electrons. The van der Waals surface area contributed by atoms with Crippen molar-refractivity contribution in [3.63, 3.8) is 0 Å². The minimum absolute atomic E-state index is 0.135. The van der Waals surface area contributed by atoms with Crippen LogP contribution in [0.1, 0.15) is 31.7 Å². The molecule has 0 aliphatic heterocycles. The van der Waals surface area contributed by atoms with E-state index in [2.05, 4.69) is 10.3 Å². The summed E-state index contributed by atoms with van der Waals surface area (Å²) in [6.07, 6.45) is -2.06. The van der Waals surface area contributed by atoms with Crippen LogP contribution in [0.15, 0.2) is 12.1 Å². The number of nitrogens with zero attached hydrogens (tertiary/aromatic N) is 2. The van der Waals surface area contributed by atoms with Gasteiger partial charge in [0, 0.05) is 26.7 Å². The molecule has 0 aliphatic rings. The Morgan fingerprint density at radius 3 is 2.52 bits per heavy atom. The summed E-state index contributed by atoms with van der Waals surface area (Å²) in [5, 5.41) is 11.5. The van der Waals surface area contributed by atoms with Crippen LogP contribution in [-0.2, 0) is 6.18 Å². The summed E-state index contributed by atoms with van der Waals surface area (Å²) in [5.41, 5.74) is -0.703. The van der Waals surface area contributed by atoms with Crippen molar-refractivity contribution in [2.24, 2.45) is 0 Å². The molecular formula is C14H22F3N3O. The standard InChI is InChI=1S/C14H22F3N3O/c1-3-18-12-9-11(14(15,16)17)10-13(19-12)20(2)7-5-4-6-8-21/h9-10,21H,3-8H2,1-2H3,(H,18,19). The largest absolute Gasteiger partial charge is 0.416 e. The van der Waals surface area contributed by atoms with E-state index in [9.17, 15) is 13.2 Å². The molecule has 1 heterocycles. The van der Waals surface area contributed by atoms with Gasteiger partial charge in [-0.25, -0.2) is 4.98 Å². The van der Waals surface area contributed by atoms with Crippen molar-refractivity contribution < 1.29 is 18.3 Å². The molecule has 4 nitrogen and oxygen atoms in total. The molecule has 1 aromatic rings. The van der Waals surface area contributed by atoms with Crippen LogP contribution in [0.5, 0.6) is 0 Å². The molecule has 0 saturated carbocycles. The zero-order chi connectivity index (χ0) is 15.9. The normalized spacial score (nSPS) is 11.5. The van der Waals surface area contributed by atoms with Gasteiger partial charge in [0.25, 0.3) is 0 Å². The molecule has 0 atom stereocenters. The third-order valence-electron chi connectivity index (χ3n) is 3.04. The number of anilines is 2. The highest BCUT2D eigenvalue weighted by atomic mass is 19.4. The summed E-state index contributed by atoms with van der Waals surface area (Å²) >= 11 is 0. The average molecular weight is 305 g/mol. The van der Waals surface area contributed by atoms with Crippen molar-refractivity contribution in [2.75, 3.05) is 37.0 Å². The number of nitrogens with one attached hydrogen (secondary N) is 1. The zero-order valence-electron chi connectivity index (χ0n) is 12.4. The van der Waals surface area contributed by atoms with Crippen LogP contribution in [-0.4, -0.2) is 36.8 Å². The molecule has 0 fully saturated rings. The molecule has 0 radical (unpaired) electrons. The molecule has 0 spiro atoms. The fraction of sp³-hybridized carbons (Fsp3) is 0.643. The number of unbranched alkanes of at least 4 members (excludes halogenated alkanes) is 2. The Balaban J connectivity index is 2.86. The van der Waals surface area contributed by atoms with Gasteiger partial charge < -0.3 is 15.3 Å². The minimum Gasteiger partial charge on any atom is -0.396 e. The number of hydrogen-bond donors (Lipinski definition) is 2. The summed E-state index contributed by atoms with van der Waals surface area (Å²) in [6, 6.07) is 2.08. The lowest BCUT2D eigenvalue weighted by Crippen LogP contribution is -2.21. The quantitative estimate of drug-likeness (QED) is 0.725. The number of rotatable bonds is 8. The number of aliphatic hydroxyl groups is 1. The van der Waals surface area contributed by atoms with Crippen molar-refractivity contribution in [1.82, 2.24) is 4.98 Å². The first kappa shape index (κ1) is 17.6. The van der Waals surface area contributed by atoms with Crippen LogP contribution in [0, 0.1) is 0 Å². The predicted molar refractivity (Wildman–Crippen MR) is 77.6 cm³/mol. The van der Waals surface area contributed by atoms with Gasteiger partial charge in [0.2, 0.25) is 0 Å². The van der Waals surface area contributed by atoms with E-state index < -0.39 is 11.7 Å². The molecule has 0 unspecified atom stereocenters. The summed E-state index contributed by atoms with van der Waals surface area (Å²) in [5.74, 6) is 0.523. The first-order chi connectivity index (χ1) is 9.88. The van der Waals surface area contributed by atoms with E-state index in [4.69, 9.17) is 5.11 Å². The Labute approximate surface area is 123 Å². The SMILES string of the molecule is CCNc1cc(C(F)(F)F)cc(N(C)CCCCCO)n1. The van der Waals surface area contributed by atoms with Gasteiger partial charge in [-0.3, -0.25) is 0 Å². The van der Waals surface area contributed by atoms with Crippen LogP contribution in [0.3, 0.4) is 0 Å². The van der Waals surface area contributed by atoms with Crippen molar-refractivity contribution in [3.8, 4) is 0 Å². The molecule has 0 aromatic carbocycles. The number of alkyl halides is 3. The monoisotopic (exact) mass is 305 g/mol. The van der Waals surface area contributed by atoms with Crippen molar-refractivity contribution >= 4 is 11.6 Å². The number of aromatic nitrogens is 1. The number of halogens is 3. The first-order valence-corrected chi connectivity index (χ1v) is 7.03. The van der Waals surface area contributed by atoms with E-state index in [0.717, 1.165) is 25.0 Å². The fourth-order valence-electron chi connectivity index (χ4n) is 1.90. The Morgan fingerprint density at radius 1 is 1.24 bits per heavy atom. The smallest absolute Gasteiger partial charge is 0.396 e. The molecule has 0 bridgehead atoms. The second kappa shape index (κ2) is 8.07. The Bertz CT molecular complexity index is 438. The summed E-state index contributed by atoms with van der Waals surface area (Å²) in [4.78, 5) is 5.90. The van der Waals surface area contributed by atoms with Gasteiger partial charge in [0.05, 0.1) is 5.56 Å². The predicted octanol–water partition coefficient (Wildman–Crippen LogP) is 3.13. The topological polar surface area (TPSA) is 48.4 Å². The highest BCUT2D eigenvalue weighted by Crippen LogP contribution is 2.32. The second-order valence-corrected chi connectivity index (χ2v) is 4.83.